The van der Waals surface area contributed by atoms with Gasteiger partial charge in [0, 0.05) is 6.92 Å². The van der Waals surface area contributed by atoms with Gasteiger partial charge in [0.15, 0.2) is 5.89 Å². The third-order valence-electron chi connectivity index (χ3n) is 1.80. The second-order valence-electron chi connectivity index (χ2n) is 3.14. The van der Waals surface area contributed by atoms with Crippen molar-refractivity contribution in [1.82, 2.24) is 10.3 Å². The van der Waals surface area contributed by atoms with Gasteiger partial charge in [0.25, 0.3) is 0 Å². The SMILES string of the molecule is Cc1nc(C)c(CNC(=O)C(C)S)o1. The summed E-state index contributed by atoms with van der Waals surface area (Å²) in [5, 5.41) is 2.40. The lowest BCUT2D eigenvalue weighted by Crippen LogP contribution is -2.29. The van der Waals surface area contributed by atoms with Crippen LogP contribution in [0.4, 0.5) is 0 Å². The molecule has 1 rings (SSSR count). The first-order valence-corrected chi connectivity index (χ1v) is 4.91. The number of amides is 1. The highest BCUT2D eigenvalue weighted by atomic mass is 32.1. The van der Waals surface area contributed by atoms with Crippen LogP contribution < -0.4 is 5.32 Å². The molecule has 0 saturated heterocycles. The summed E-state index contributed by atoms with van der Waals surface area (Å²) in [7, 11) is 0. The van der Waals surface area contributed by atoms with Gasteiger partial charge in [-0.15, -0.1) is 0 Å². The van der Waals surface area contributed by atoms with Crippen LogP contribution in [0.25, 0.3) is 0 Å². The molecule has 14 heavy (non-hydrogen) atoms. The van der Waals surface area contributed by atoms with E-state index in [1.807, 2.05) is 6.92 Å². The molecule has 1 N–H and O–H groups in total. The van der Waals surface area contributed by atoms with E-state index in [-0.39, 0.29) is 11.2 Å². The molecule has 0 aliphatic heterocycles. The van der Waals surface area contributed by atoms with E-state index in [1.54, 1.807) is 13.8 Å². The van der Waals surface area contributed by atoms with Crippen molar-refractivity contribution in [1.29, 1.82) is 0 Å². The minimum Gasteiger partial charge on any atom is -0.444 e. The third-order valence-corrected chi connectivity index (χ3v) is 2.04. The molecule has 0 fully saturated rings. The molecule has 0 bridgehead atoms. The quantitative estimate of drug-likeness (QED) is 0.744. The zero-order valence-corrected chi connectivity index (χ0v) is 9.39. The van der Waals surface area contributed by atoms with Crippen LogP contribution in [-0.2, 0) is 11.3 Å². The highest BCUT2D eigenvalue weighted by Gasteiger charge is 2.10. The molecule has 0 aromatic carbocycles. The normalized spacial score (nSPS) is 12.6. The van der Waals surface area contributed by atoms with Crippen LogP contribution in [0.2, 0.25) is 0 Å². The number of hydrogen-bond donors (Lipinski definition) is 2. The molecule has 0 spiro atoms. The third kappa shape index (κ3) is 2.77. The molecule has 5 heteroatoms. The van der Waals surface area contributed by atoms with Crippen LogP contribution in [-0.4, -0.2) is 16.1 Å². The van der Waals surface area contributed by atoms with Gasteiger partial charge in [-0.25, -0.2) is 4.98 Å². The van der Waals surface area contributed by atoms with Crippen LogP contribution in [0.1, 0.15) is 24.3 Å². The minimum absolute atomic E-state index is 0.109. The van der Waals surface area contributed by atoms with E-state index in [2.05, 4.69) is 22.9 Å². The second-order valence-corrected chi connectivity index (χ2v) is 3.91. The lowest BCUT2D eigenvalue weighted by atomic mass is 10.3. The molecular formula is C9H14N2O2S. The van der Waals surface area contributed by atoms with Crippen molar-refractivity contribution in [3.63, 3.8) is 0 Å². The van der Waals surface area contributed by atoms with Crippen molar-refractivity contribution in [2.24, 2.45) is 0 Å². The Labute approximate surface area is 88.5 Å². The van der Waals surface area contributed by atoms with Crippen molar-refractivity contribution in [3.8, 4) is 0 Å². The van der Waals surface area contributed by atoms with E-state index in [0.29, 0.717) is 18.2 Å². The number of carbonyl (C=O) groups is 1. The Morgan fingerprint density at radius 2 is 2.29 bits per heavy atom. The Hall–Kier alpha value is -0.970. The van der Waals surface area contributed by atoms with Gasteiger partial charge >= 0.3 is 0 Å². The molecule has 1 atom stereocenters. The van der Waals surface area contributed by atoms with E-state index >= 15 is 0 Å². The summed E-state index contributed by atoms with van der Waals surface area (Å²) in [6.07, 6.45) is 0. The van der Waals surface area contributed by atoms with Crippen LogP contribution in [0.3, 0.4) is 0 Å². The van der Waals surface area contributed by atoms with Crippen LogP contribution in [0.15, 0.2) is 4.42 Å². The first kappa shape index (κ1) is 11.1. The number of aryl methyl sites for hydroxylation is 2. The number of carbonyl (C=O) groups excluding carboxylic acids is 1. The fraction of sp³-hybridized carbons (Fsp3) is 0.556. The highest BCUT2D eigenvalue weighted by Crippen LogP contribution is 2.08. The summed E-state index contributed by atoms with van der Waals surface area (Å²) in [6, 6.07) is 0. The number of nitrogens with one attached hydrogen (secondary N) is 1. The monoisotopic (exact) mass is 214 g/mol. The van der Waals surface area contributed by atoms with Crippen LogP contribution in [0, 0.1) is 13.8 Å². The van der Waals surface area contributed by atoms with Gasteiger partial charge < -0.3 is 9.73 Å². The topological polar surface area (TPSA) is 55.1 Å². The standard InChI is InChI=1S/C9H14N2O2S/c1-5-8(13-7(3)11-5)4-10-9(12)6(2)14/h6,14H,4H2,1-3H3,(H,10,12). The smallest absolute Gasteiger partial charge is 0.232 e. The van der Waals surface area contributed by atoms with E-state index in [9.17, 15) is 4.79 Å². The Balaban J connectivity index is 2.54. The Bertz CT molecular complexity index is 334. The summed E-state index contributed by atoms with van der Waals surface area (Å²) < 4.78 is 5.29. The minimum atomic E-state index is -0.306. The highest BCUT2D eigenvalue weighted by molar-refractivity contribution is 7.81. The van der Waals surface area contributed by atoms with Crippen molar-refractivity contribution in [2.45, 2.75) is 32.6 Å². The predicted molar refractivity (Wildman–Crippen MR) is 56.3 cm³/mol. The van der Waals surface area contributed by atoms with Crippen molar-refractivity contribution < 1.29 is 9.21 Å². The average molecular weight is 214 g/mol. The number of oxazole rings is 1. The van der Waals surface area contributed by atoms with Crippen molar-refractivity contribution in [2.75, 3.05) is 0 Å². The molecule has 0 aliphatic rings. The molecule has 0 saturated carbocycles. The molecular weight excluding hydrogens is 200 g/mol. The fourth-order valence-electron chi connectivity index (χ4n) is 1.05. The lowest BCUT2D eigenvalue weighted by Gasteiger charge is -2.04. The number of hydrogen-bond acceptors (Lipinski definition) is 4. The number of thiol groups is 1. The predicted octanol–water partition coefficient (Wildman–Crippen LogP) is 1.23. The second kappa shape index (κ2) is 4.50. The van der Waals surface area contributed by atoms with Gasteiger partial charge in [0.2, 0.25) is 5.91 Å². The van der Waals surface area contributed by atoms with Gasteiger partial charge in [-0.3, -0.25) is 4.79 Å². The fourth-order valence-corrected chi connectivity index (χ4v) is 1.14. The van der Waals surface area contributed by atoms with Crippen molar-refractivity contribution >= 4 is 18.5 Å². The lowest BCUT2D eigenvalue weighted by molar-refractivity contribution is -0.120. The zero-order chi connectivity index (χ0) is 10.7. The summed E-state index contributed by atoms with van der Waals surface area (Å²) in [5.41, 5.74) is 0.814. The average Bonchev–Trinajstić information content (AvgIpc) is 2.40. The van der Waals surface area contributed by atoms with E-state index in [1.165, 1.54) is 0 Å². The van der Waals surface area contributed by atoms with Gasteiger partial charge in [-0.2, -0.15) is 12.6 Å². The molecule has 78 valence electrons. The Morgan fingerprint density at radius 3 is 2.71 bits per heavy atom. The molecule has 0 aliphatic carbocycles. The summed E-state index contributed by atoms with van der Waals surface area (Å²) in [5.74, 6) is 1.21. The first-order valence-electron chi connectivity index (χ1n) is 4.39. The van der Waals surface area contributed by atoms with E-state index in [0.717, 1.165) is 5.69 Å². The molecule has 0 radical (unpaired) electrons. The maximum Gasteiger partial charge on any atom is 0.232 e. The first-order chi connectivity index (χ1) is 6.50. The maximum atomic E-state index is 11.2. The zero-order valence-electron chi connectivity index (χ0n) is 8.50. The summed E-state index contributed by atoms with van der Waals surface area (Å²) in [4.78, 5) is 15.3. The molecule has 1 amide bonds. The van der Waals surface area contributed by atoms with Gasteiger partial charge in [-0.05, 0) is 13.8 Å². The molecule has 4 nitrogen and oxygen atoms in total. The van der Waals surface area contributed by atoms with Crippen molar-refractivity contribution in [3.05, 3.63) is 17.3 Å². The number of nitrogens with zero attached hydrogens (tertiary/aromatic N) is 1. The van der Waals surface area contributed by atoms with Crippen LogP contribution >= 0.6 is 12.6 Å². The van der Waals surface area contributed by atoms with Gasteiger partial charge in [-0.1, -0.05) is 0 Å². The maximum absolute atomic E-state index is 11.2. The number of aromatic nitrogens is 1. The van der Waals surface area contributed by atoms with E-state index < -0.39 is 0 Å². The van der Waals surface area contributed by atoms with Crippen LogP contribution in [0.5, 0.6) is 0 Å². The van der Waals surface area contributed by atoms with Gasteiger partial charge in [0.1, 0.15) is 5.76 Å². The van der Waals surface area contributed by atoms with E-state index in [4.69, 9.17) is 4.42 Å². The summed E-state index contributed by atoms with van der Waals surface area (Å²) >= 11 is 4.01. The molecule has 1 aromatic heterocycles. The number of rotatable bonds is 3. The Morgan fingerprint density at radius 1 is 1.64 bits per heavy atom. The summed E-state index contributed by atoms with van der Waals surface area (Å²) in [6.45, 7) is 5.72. The molecule has 1 heterocycles. The Kier molecular flexibility index (Phi) is 3.57. The van der Waals surface area contributed by atoms with Gasteiger partial charge in [0.05, 0.1) is 17.5 Å². The molecule has 1 aromatic rings. The largest absolute Gasteiger partial charge is 0.444 e. The molecule has 1 unspecified atom stereocenters.